The van der Waals surface area contributed by atoms with Crippen LogP contribution in [0.15, 0.2) is 46.9 Å². The van der Waals surface area contributed by atoms with E-state index in [1.165, 1.54) is 6.07 Å². The van der Waals surface area contributed by atoms with Gasteiger partial charge >= 0.3 is 5.69 Å². The van der Waals surface area contributed by atoms with Crippen LogP contribution in [0.4, 0.5) is 5.69 Å². The molecule has 2 aromatic carbocycles. The molecule has 0 bridgehead atoms. The second-order valence-electron chi connectivity index (χ2n) is 3.65. The van der Waals surface area contributed by atoms with E-state index in [9.17, 15) is 10.1 Å². The van der Waals surface area contributed by atoms with Crippen molar-refractivity contribution in [1.29, 1.82) is 0 Å². The molecule has 2 aromatic rings. The van der Waals surface area contributed by atoms with Crippen molar-refractivity contribution in [3.8, 4) is 17.2 Å². The second kappa shape index (κ2) is 5.71. The van der Waals surface area contributed by atoms with E-state index in [-0.39, 0.29) is 11.4 Å². The van der Waals surface area contributed by atoms with E-state index < -0.39 is 4.92 Å². The third-order valence-electron chi connectivity index (χ3n) is 2.39. The first kappa shape index (κ1) is 13.4. The average molecular weight is 324 g/mol. The Morgan fingerprint density at radius 2 is 1.89 bits per heavy atom. The number of nitro groups is 1. The van der Waals surface area contributed by atoms with Crippen LogP contribution in [0.2, 0.25) is 0 Å². The van der Waals surface area contributed by atoms with E-state index >= 15 is 0 Å². The predicted octanol–water partition coefficient (Wildman–Crippen LogP) is 4.16. The van der Waals surface area contributed by atoms with Gasteiger partial charge in [-0.2, -0.15) is 0 Å². The molecular formula is C13H10BrNO4. The van der Waals surface area contributed by atoms with Crippen LogP contribution < -0.4 is 9.47 Å². The molecule has 0 saturated carbocycles. The summed E-state index contributed by atoms with van der Waals surface area (Å²) in [6.45, 7) is 0. The first-order valence-corrected chi connectivity index (χ1v) is 6.15. The van der Waals surface area contributed by atoms with Gasteiger partial charge in [-0.05, 0) is 24.3 Å². The molecule has 2 rings (SSSR count). The van der Waals surface area contributed by atoms with Crippen molar-refractivity contribution in [2.24, 2.45) is 0 Å². The lowest BCUT2D eigenvalue weighted by molar-refractivity contribution is -0.385. The van der Waals surface area contributed by atoms with Gasteiger partial charge in [0.25, 0.3) is 0 Å². The summed E-state index contributed by atoms with van der Waals surface area (Å²) in [6.07, 6.45) is 0. The molecule has 0 fully saturated rings. The number of hydrogen-bond donors (Lipinski definition) is 0. The third-order valence-corrected chi connectivity index (χ3v) is 2.88. The number of ether oxygens (including phenoxy) is 2. The SMILES string of the molecule is COc1cccc(Oc2ccc(Br)cc2[N+](=O)[O-])c1. The molecule has 19 heavy (non-hydrogen) atoms. The Hall–Kier alpha value is -2.08. The number of nitro benzene ring substituents is 1. The van der Waals surface area contributed by atoms with Crippen molar-refractivity contribution >= 4 is 21.6 Å². The number of nitrogens with zero attached hydrogens (tertiary/aromatic N) is 1. The van der Waals surface area contributed by atoms with Crippen molar-refractivity contribution in [1.82, 2.24) is 0 Å². The van der Waals surface area contributed by atoms with E-state index in [0.717, 1.165) is 0 Å². The molecule has 0 saturated heterocycles. The molecule has 0 radical (unpaired) electrons. The van der Waals surface area contributed by atoms with Gasteiger partial charge in [0.1, 0.15) is 11.5 Å². The van der Waals surface area contributed by atoms with Gasteiger partial charge in [0.05, 0.1) is 12.0 Å². The first-order valence-electron chi connectivity index (χ1n) is 5.36. The minimum absolute atomic E-state index is 0.0998. The van der Waals surface area contributed by atoms with Crippen molar-refractivity contribution in [2.75, 3.05) is 7.11 Å². The standard InChI is InChI=1S/C13H10BrNO4/c1-18-10-3-2-4-11(8-10)19-13-6-5-9(14)7-12(13)15(16)17/h2-8H,1H3. The van der Waals surface area contributed by atoms with Crippen LogP contribution >= 0.6 is 15.9 Å². The van der Waals surface area contributed by atoms with Gasteiger partial charge in [0.2, 0.25) is 5.75 Å². The summed E-state index contributed by atoms with van der Waals surface area (Å²) in [7, 11) is 1.54. The largest absolute Gasteiger partial charge is 0.497 e. The van der Waals surface area contributed by atoms with E-state index in [2.05, 4.69) is 15.9 Å². The van der Waals surface area contributed by atoms with Gasteiger partial charge < -0.3 is 9.47 Å². The maximum atomic E-state index is 11.0. The number of halogens is 1. The normalized spacial score (nSPS) is 10.0. The van der Waals surface area contributed by atoms with Crippen molar-refractivity contribution in [3.63, 3.8) is 0 Å². The second-order valence-corrected chi connectivity index (χ2v) is 4.57. The molecule has 0 aromatic heterocycles. The Morgan fingerprint density at radius 3 is 2.58 bits per heavy atom. The Labute approximate surface area is 118 Å². The van der Waals surface area contributed by atoms with Crippen LogP contribution in [0.25, 0.3) is 0 Å². The van der Waals surface area contributed by atoms with Gasteiger partial charge in [-0.1, -0.05) is 22.0 Å². The highest BCUT2D eigenvalue weighted by atomic mass is 79.9. The van der Waals surface area contributed by atoms with Crippen LogP contribution in [0.1, 0.15) is 0 Å². The van der Waals surface area contributed by atoms with Gasteiger partial charge in [-0.3, -0.25) is 10.1 Å². The smallest absolute Gasteiger partial charge is 0.312 e. The molecule has 0 aliphatic carbocycles. The number of hydrogen-bond acceptors (Lipinski definition) is 4. The molecule has 6 heteroatoms. The maximum absolute atomic E-state index is 11.0. The number of benzene rings is 2. The summed E-state index contributed by atoms with van der Waals surface area (Å²) in [5, 5.41) is 11.0. The zero-order valence-electron chi connectivity index (χ0n) is 10.00. The van der Waals surface area contributed by atoms with Crippen molar-refractivity contribution in [2.45, 2.75) is 0 Å². The molecule has 0 unspecified atom stereocenters. The minimum atomic E-state index is -0.486. The molecular weight excluding hydrogens is 314 g/mol. The topological polar surface area (TPSA) is 61.6 Å². The lowest BCUT2D eigenvalue weighted by Gasteiger charge is -2.07. The Kier molecular flexibility index (Phi) is 4.01. The quantitative estimate of drug-likeness (QED) is 0.626. The molecule has 0 amide bonds. The van der Waals surface area contributed by atoms with Crippen LogP contribution in [0.5, 0.6) is 17.2 Å². The van der Waals surface area contributed by atoms with Crippen molar-refractivity contribution < 1.29 is 14.4 Å². The van der Waals surface area contributed by atoms with E-state index in [1.807, 2.05) is 0 Å². The molecule has 0 aliphatic rings. The Balaban J connectivity index is 2.34. The summed E-state index contributed by atoms with van der Waals surface area (Å²) < 4.78 is 11.2. The molecule has 5 nitrogen and oxygen atoms in total. The lowest BCUT2D eigenvalue weighted by atomic mass is 10.3. The number of methoxy groups -OCH3 is 1. The van der Waals surface area contributed by atoms with Crippen LogP contribution in [0.3, 0.4) is 0 Å². The zero-order chi connectivity index (χ0) is 13.8. The summed E-state index contributed by atoms with van der Waals surface area (Å²) in [5.74, 6) is 1.28. The Morgan fingerprint density at radius 1 is 1.16 bits per heavy atom. The molecule has 0 N–H and O–H groups in total. The summed E-state index contributed by atoms with van der Waals surface area (Å²) in [6, 6.07) is 11.5. The first-order chi connectivity index (χ1) is 9.10. The summed E-state index contributed by atoms with van der Waals surface area (Å²) in [5.41, 5.74) is -0.0998. The van der Waals surface area contributed by atoms with Crippen LogP contribution in [-0.2, 0) is 0 Å². The molecule has 0 atom stereocenters. The summed E-state index contributed by atoms with van der Waals surface area (Å²) in [4.78, 5) is 10.5. The lowest BCUT2D eigenvalue weighted by Crippen LogP contribution is -1.93. The highest BCUT2D eigenvalue weighted by Crippen LogP contribution is 2.34. The van der Waals surface area contributed by atoms with Crippen molar-refractivity contribution in [3.05, 3.63) is 57.1 Å². The predicted molar refractivity (Wildman–Crippen MR) is 73.9 cm³/mol. The monoisotopic (exact) mass is 323 g/mol. The van der Waals surface area contributed by atoms with E-state index in [1.54, 1.807) is 43.5 Å². The molecule has 0 spiro atoms. The third kappa shape index (κ3) is 3.23. The number of rotatable bonds is 4. The van der Waals surface area contributed by atoms with Gasteiger partial charge in [0.15, 0.2) is 0 Å². The van der Waals surface area contributed by atoms with E-state index in [0.29, 0.717) is 16.0 Å². The van der Waals surface area contributed by atoms with Gasteiger partial charge in [-0.25, -0.2) is 0 Å². The van der Waals surface area contributed by atoms with E-state index in [4.69, 9.17) is 9.47 Å². The average Bonchev–Trinajstić information content (AvgIpc) is 2.41. The molecule has 0 aliphatic heterocycles. The highest BCUT2D eigenvalue weighted by Gasteiger charge is 2.16. The fourth-order valence-corrected chi connectivity index (χ4v) is 1.86. The fraction of sp³-hybridized carbons (Fsp3) is 0.0769. The molecule has 0 heterocycles. The maximum Gasteiger partial charge on any atom is 0.312 e. The zero-order valence-corrected chi connectivity index (χ0v) is 11.6. The minimum Gasteiger partial charge on any atom is -0.497 e. The molecule has 98 valence electrons. The van der Waals surface area contributed by atoms with Gasteiger partial charge in [0, 0.05) is 16.6 Å². The van der Waals surface area contributed by atoms with Gasteiger partial charge in [-0.15, -0.1) is 0 Å². The summed E-state index contributed by atoms with van der Waals surface area (Å²) >= 11 is 3.19. The van der Waals surface area contributed by atoms with Crippen LogP contribution in [-0.4, -0.2) is 12.0 Å². The highest BCUT2D eigenvalue weighted by molar-refractivity contribution is 9.10. The van der Waals surface area contributed by atoms with Crippen LogP contribution in [0, 0.1) is 10.1 Å². The Bertz CT molecular complexity index is 615. The fourth-order valence-electron chi connectivity index (χ4n) is 1.51.